The van der Waals surface area contributed by atoms with Crippen molar-refractivity contribution in [3.8, 4) is 17.4 Å². The Bertz CT molecular complexity index is 515. The maximum atomic E-state index is 9.94. The third kappa shape index (κ3) is 3.95. The summed E-state index contributed by atoms with van der Waals surface area (Å²) in [7, 11) is 0. The minimum atomic E-state index is 0.139. The van der Waals surface area contributed by atoms with Crippen LogP contribution in [-0.4, -0.2) is 15.1 Å². The lowest BCUT2D eigenvalue weighted by Gasteiger charge is -2.08. The van der Waals surface area contributed by atoms with Crippen LogP contribution < -0.4 is 4.74 Å². The molecule has 0 saturated heterocycles. The van der Waals surface area contributed by atoms with Gasteiger partial charge in [0.2, 0.25) is 5.88 Å². The number of aryl methyl sites for hydroxylation is 1. The van der Waals surface area contributed by atoms with Gasteiger partial charge in [0.25, 0.3) is 0 Å². The highest BCUT2D eigenvalue weighted by molar-refractivity contribution is 5.43. The lowest BCUT2D eigenvalue weighted by Crippen LogP contribution is -1.90. The Morgan fingerprint density at radius 2 is 2.11 bits per heavy atom. The molecule has 2 rings (SSSR count). The van der Waals surface area contributed by atoms with Gasteiger partial charge in [-0.1, -0.05) is 25.8 Å². The number of benzene rings is 1. The van der Waals surface area contributed by atoms with Crippen molar-refractivity contribution in [1.82, 2.24) is 9.97 Å². The summed E-state index contributed by atoms with van der Waals surface area (Å²) in [5.41, 5.74) is 1.12. The van der Waals surface area contributed by atoms with Gasteiger partial charge >= 0.3 is 0 Å². The molecule has 0 unspecified atom stereocenters. The topological polar surface area (TPSA) is 55.2 Å². The number of hydrogen-bond donors (Lipinski definition) is 1. The van der Waals surface area contributed by atoms with Crippen LogP contribution in [0.1, 0.15) is 31.7 Å². The molecule has 0 atom stereocenters. The van der Waals surface area contributed by atoms with Crippen LogP contribution in [0, 0.1) is 0 Å². The van der Waals surface area contributed by atoms with Gasteiger partial charge in [-0.2, -0.15) is 0 Å². The fourth-order valence-electron chi connectivity index (χ4n) is 1.83. The Hall–Kier alpha value is -2.10. The lowest BCUT2D eigenvalue weighted by atomic mass is 10.1. The molecule has 0 saturated carbocycles. The number of phenols is 1. The predicted octanol–water partition coefficient (Wildman–Crippen LogP) is 3.71. The monoisotopic (exact) mass is 258 g/mol. The Balaban J connectivity index is 2.03. The van der Waals surface area contributed by atoms with E-state index in [1.54, 1.807) is 24.5 Å². The molecule has 0 aliphatic carbocycles. The van der Waals surface area contributed by atoms with Gasteiger partial charge in [0, 0.05) is 12.4 Å². The molecule has 0 radical (unpaired) electrons. The second-order valence-corrected chi connectivity index (χ2v) is 4.40. The number of rotatable bonds is 6. The maximum absolute atomic E-state index is 9.94. The molecule has 1 heterocycles. The molecular formula is C15H18N2O2. The highest BCUT2D eigenvalue weighted by atomic mass is 16.5. The van der Waals surface area contributed by atoms with Crippen LogP contribution in [0.4, 0.5) is 0 Å². The van der Waals surface area contributed by atoms with Crippen LogP contribution >= 0.6 is 0 Å². The molecule has 0 spiro atoms. The summed E-state index contributed by atoms with van der Waals surface area (Å²) >= 11 is 0. The Labute approximate surface area is 113 Å². The largest absolute Gasteiger partial charge is 0.504 e. The van der Waals surface area contributed by atoms with Gasteiger partial charge in [-0.3, -0.25) is 4.98 Å². The Kier molecular flexibility index (Phi) is 4.72. The molecule has 100 valence electrons. The minimum absolute atomic E-state index is 0.139. The second kappa shape index (κ2) is 6.73. The third-order valence-electron chi connectivity index (χ3n) is 2.85. The first-order chi connectivity index (χ1) is 9.29. The van der Waals surface area contributed by atoms with Gasteiger partial charge in [0.05, 0.1) is 6.20 Å². The Morgan fingerprint density at radius 3 is 2.79 bits per heavy atom. The molecule has 1 aromatic heterocycles. The summed E-state index contributed by atoms with van der Waals surface area (Å²) < 4.78 is 5.47. The quantitative estimate of drug-likeness (QED) is 0.802. The summed E-state index contributed by atoms with van der Waals surface area (Å²) in [6.45, 7) is 2.18. The van der Waals surface area contributed by atoms with E-state index in [0.717, 1.165) is 18.4 Å². The van der Waals surface area contributed by atoms with Crippen LogP contribution in [0.3, 0.4) is 0 Å². The highest BCUT2D eigenvalue weighted by Crippen LogP contribution is 2.30. The first-order valence-electron chi connectivity index (χ1n) is 6.55. The number of unbranched alkanes of at least 4 members (excludes halogenated alkanes) is 2. The fourth-order valence-corrected chi connectivity index (χ4v) is 1.83. The van der Waals surface area contributed by atoms with Crippen LogP contribution in [0.15, 0.2) is 36.8 Å². The Morgan fingerprint density at radius 1 is 1.21 bits per heavy atom. The van der Waals surface area contributed by atoms with Crippen molar-refractivity contribution < 1.29 is 9.84 Å². The number of nitrogens with zero attached hydrogens (tertiary/aromatic N) is 2. The first kappa shape index (κ1) is 13.3. The smallest absolute Gasteiger partial charge is 0.238 e. The molecule has 1 aromatic carbocycles. The molecular weight excluding hydrogens is 240 g/mol. The molecule has 0 amide bonds. The molecule has 19 heavy (non-hydrogen) atoms. The molecule has 0 bridgehead atoms. The summed E-state index contributed by atoms with van der Waals surface area (Å²) in [5, 5.41) is 9.94. The van der Waals surface area contributed by atoms with E-state index in [1.807, 2.05) is 6.07 Å². The van der Waals surface area contributed by atoms with E-state index in [-0.39, 0.29) is 5.75 Å². The van der Waals surface area contributed by atoms with Gasteiger partial charge in [0.1, 0.15) is 0 Å². The SMILES string of the molecule is CCCCCc1ccc(Oc2cnccn2)c(O)c1. The van der Waals surface area contributed by atoms with Crippen molar-refractivity contribution in [2.45, 2.75) is 32.6 Å². The average molecular weight is 258 g/mol. The molecule has 4 nitrogen and oxygen atoms in total. The summed E-state index contributed by atoms with van der Waals surface area (Å²) in [5.74, 6) is 0.913. The number of ether oxygens (including phenoxy) is 1. The summed E-state index contributed by atoms with van der Waals surface area (Å²) in [6, 6.07) is 5.49. The normalized spacial score (nSPS) is 10.4. The van der Waals surface area contributed by atoms with E-state index in [2.05, 4.69) is 16.9 Å². The zero-order valence-electron chi connectivity index (χ0n) is 11.0. The van der Waals surface area contributed by atoms with Gasteiger partial charge in [0.15, 0.2) is 11.5 Å². The second-order valence-electron chi connectivity index (χ2n) is 4.40. The highest BCUT2D eigenvalue weighted by Gasteiger charge is 2.06. The zero-order chi connectivity index (χ0) is 13.5. The van der Waals surface area contributed by atoms with Gasteiger partial charge in [-0.25, -0.2) is 4.98 Å². The van der Waals surface area contributed by atoms with E-state index < -0.39 is 0 Å². The molecule has 0 fully saturated rings. The van der Waals surface area contributed by atoms with Crippen molar-refractivity contribution in [3.05, 3.63) is 42.4 Å². The maximum Gasteiger partial charge on any atom is 0.238 e. The van der Waals surface area contributed by atoms with Crippen molar-refractivity contribution in [1.29, 1.82) is 0 Å². The van der Waals surface area contributed by atoms with E-state index in [1.165, 1.54) is 19.0 Å². The number of hydrogen-bond acceptors (Lipinski definition) is 4. The van der Waals surface area contributed by atoms with E-state index >= 15 is 0 Å². The van der Waals surface area contributed by atoms with Crippen molar-refractivity contribution in [2.75, 3.05) is 0 Å². The third-order valence-corrected chi connectivity index (χ3v) is 2.85. The molecule has 0 aliphatic heterocycles. The van der Waals surface area contributed by atoms with Crippen LogP contribution in [0.25, 0.3) is 0 Å². The van der Waals surface area contributed by atoms with Crippen LogP contribution in [-0.2, 0) is 6.42 Å². The van der Waals surface area contributed by atoms with E-state index in [4.69, 9.17) is 4.74 Å². The first-order valence-corrected chi connectivity index (χ1v) is 6.55. The van der Waals surface area contributed by atoms with Crippen molar-refractivity contribution >= 4 is 0 Å². The number of aromatic nitrogens is 2. The number of aromatic hydroxyl groups is 1. The van der Waals surface area contributed by atoms with E-state index in [9.17, 15) is 5.11 Å². The molecule has 0 aliphatic rings. The lowest BCUT2D eigenvalue weighted by molar-refractivity contribution is 0.401. The van der Waals surface area contributed by atoms with E-state index in [0.29, 0.717) is 11.6 Å². The van der Waals surface area contributed by atoms with Gasteiger partial charge < -0.3 is 9.84 Å². The zero-order valence-corrected chi connectivity index (χ0v) is 11.0. The predicted molar refractivity (Wildman–Crippen MR) is 73.4 cm³/mol. The number of phenolic OH excluding ortho intramolecular Hbond substituents is 1. The van der Waals surface area contributed by atoms with Crippen LogP contribution in [0.2, 0.25) is 0 Å². The van der Waals surface area contributed by atoms with Crippen molar-refractivity contribution in [3.63, 3.8) is 0 Å². The minimum Gasteiger partial charge on any atom is -0.504 e. The summed E-state index contributed by atoms with van der Waals surface area (Å²) in [4.78, 5) is 7.91. The standard InChI is InChI=1S/C15H18N2O2/c1-2-3-4-5-12-6-7-14(13(18)10-12)19-15-11-16-8-9-17-15/h6-11,18H,2-5H2,1H3. The average Bonchev–Trinajstić information content (AvgIpc) is 2.43. The van der Waals surface area contributed by atoms with Gasteiger partial charge in [-0.05, 0) is 30.5 Å². The van der Waals surface area contributed by atoms with Crippen LogP contribution in [0.5, 0.6) is 17.4 Å². The molecule has 1 N–H and O–H groups in total. The summed E-state index contributed by atoms with van der Waals surface area (Å²) in [6.07, 6.45) is 9.15. The molecule has 2 aromatic rings. The molecule has 4 heteroatoms. The fraction of sp³-hybridized carbons (Fsp3) is 0.333. The van der Waals surface area contributed by atoms with Gasteiger partial charge in [-0.15, -0.1) is 0 Å². The van der Waals surface area contributed by atoms with Crippen molar-refractivity contribution in [2.24, 2.45) is 0 Å².